The maximum atomic E-state index is 10.5. The topological polar surface area (TPSA) is 44.1 Å². The zero-order valence-corrected chi connectivity index (χ0v) is 14.9. The Morgan fingerprint density at radius 1 is 1.00 bits per heavy atom. The standard InChI is InChI=1S/C21H33NO/c1-20-10-7-14(9-12-22)13-15(20)3-4-16-17-5-6-19(23)21(17,2)11-8-18(16)20/h9,12,15-19,22-23H,3-8,10-11,13H2,1-2H3/b14-9+,22-12?/t15-,16?,17?,18?,19?,20?,21-/m0/s1. The lowest BCUT2D eigenvalue weighted by atomic mass is 9.45. The molecule has 0 saturated heterocycles. The summed E-state index contributed by atoms with van der Waals surface area (Å²) in [5.41, 5.74) is 2.24. The number of aliphatic hydroxyl groups excluding tert-OH is 1. The van der Waals surface area contributed by atoms with Crippen molar-refractivity contribution in [3.05, 3.63) is 11.6 Å². The normalized spacial score (nSPS) is 54.2. The van der Waals surface area contributed by atoms with Crippen molar-refractivity contribution in [3.8, 4) is 0 Å². The van der Waals surface area contributed by atoms with Crippen molar-refractivity contribution in [1.82, 2.24) is 0 Å². The summed E-state index contributed by atoms with van der Waals surface area (Å²) in [6.07, 6.45) is 14.9. The van der Waals surface area contributed by atoms with Crippen LogP contribution in [0.25, 0.3) is 0 Å². The first-order valence-corrected chi connectivity index (χ1v) is 9.85. The number of nitrogens with one attached hydrogen (secondary N) is 1. The van der Waals surface area contributed by atoms with Gasteiger partial charge in [-0.15, -0.1) is 0 Å². The third-order valence-electron chi connectivity index (χ3n) is 8.83. The summed E-state index contributed by atoms with van der Waals surface area (Å²) < 4.78 is 0. The van der Waals surface area contributed by atoms with Crippen LogP contribution >= 0.6 is 0 Å². The van der Waals surface area contributed by atoms with Gasteiger partial charge < -0.3 is 10.5 Å². The van der Waals surface area contributed by atoms with Gasteiger partial charge in [0.05, 0.1) is 6.10 Å². The second-order valence-corrected chi connectivity index (χ2v) is 9.49. The third kappa shape index (κ3) is 2.20. The summed E-state index contributed by atoms with van der Waals surface area (Å²) in [5.74, 6) is 3.35. The van der Waals surface area contributed by atoms with Crippen LogP contribution in [0.4, 0.5) is 0 Å². The van der Waals surface area contributed by atoms with Gasteiger partial charge in [0.15, 0.2) is 0 Å². The monoisotopic (exact) mass is 315 g/mol. The molecule has 0 spiro atoms. The Morgan fingerprint density at radius 2 is 1.78 bits per heavy atom. The molecule has 4 aliphatic carbocycles. The molecule has 4 saturated carbocycles. The zero-order valence-electron chi connectivity index (χ0n) is 14.9. The quantitative estimate of drug-likeness (QED) is 0.659. The van der Waals surface area contributed by atoms with Crippen LogP contribution in [0.5, 0.6) is 0 Å². The Morgan fingerprint density at radius 3 is 2.57 bits per heavy atom. The van der Waals surface area contributed by atoms with Crippen molar-refractivity contribution in [2.45, 2.75) is 77.7 Å². The first-order valence-electron chi connectivity index (χ1n) is 9.85. The van der Waals surface area contributed by atoms with E-state index in [1.165, 1.54) is 63.2 Å². The minimum Gasteiger partial charge on any atom is -0.393 e. The smallest absolute Gasteiger partial charge is 0.0596 e. The van der Waals surface area contributed by atoms with Crippen LogP contribution in [-0.4, -0.2) is 17.4 Å². The predicted molar refractivity (Wildman–Crippen MR) is 94.6 cm³/mol. The van der Waals surface area contributed by atoms with Gasteiger partial charge in [0.1, 0.15) is 0 Å². The molecule has 2 heteroatoms. The molecule has 0 aromatic carbocycles. The van der Waals surface area contributed by atoms with Gasteiger partial charge in [-0.2, -0.15) is 0 Å². The molecule has 4 rings (SSSR count). The number of rotatable bonds is 1. The van der Waals surface area contributed by atoms with Gasteiger partial charge in [-0.3, -0.25) is 0 Å². The van der Waals surface area contributed by atoms with Gasteiger partial charge in [-0.05, 0) is 98.4 Å². The van der Waals surface area contributed by atoms with E-state index in [0.717, 1.165) is 30.1 Å². The number of fused-ring (bicyclic) bond motifs is 5. The van der Waals surface area contributed by atoms with E-state index in [1.54, 1.807) is 0 Å². The van der Waals surface area contributed by atoms with Crippen LogP contribution in [0, 0.1) is 39.9 Å². The van der Waals surface area contributed by atoms with Crippen LogP contribution in [0.3, 0.4) is 0 Å². The van der Waals surface area contributed by atoms with E-state index < -0.39 is 0 Å². The lowest BCUT2D eigenvalue weighted by Crippen LogP contribution is -2.53. The highest BCUT2D eigenvalue weighted by Gasteiger charge is 2.59. The number of aliphatic hydroxyl groups is 1. The van der Waals surface area contributed by atoms with E-state index in [2.05, 4.69) is 19.9 Å². The van der Waals surface area contributed by atoms with Crippen molar-refractivity contribution in [2.75, 3.05) is 0 Å². The average Bonchev–Trinajstić information content (AvgIpc) is 2.84. The molecule has 2 nitrogen and oxygen atoms in total. The number of hydrogen-bond donors (Lipinski definition) is 2. The van der Waals surface area contributed by atoms with Crippen LogP contribution in [-0.2, 0) is 0 Å². The largest absolute Gasteiger partial charge is 0.393 e. The third-order valence-corrected chi connectivity index (χ3v) is 8.83. The maximum absolute atomic E-state index is 10.5. The molecule has 5 unspecified atom stereocenters. The fourth-order valence-corrected chi connectivity index (χ4v) is 7.35. The van der Waals surface area contributed by atoms with Gasteiger partial charge in [0.2, 0.25) is 0 Å². The van der Waals surface area contributed by atoms with E-state index in [4.69, 9.17) is 5.41 Å². The molecule has 128 valence electrons. The van der Waals surface area contributed by atoms with Gasteiger partial charge >= 0.3 is 0 Å². The number of hydrogen-bond acceptors (Lipinski definition) is 2. The summed E-state index contributed by atoms with van der Waals surface area (Å²) in [5, 5.41) is 17.9. The molecule has 4 fully saturated rings. The second-order valence-electron chi connectivity index (χ2n) is 9.49. The van der Waals surface area contributed by atoms with E-state index in [1.807, 2.05) is 0 Å². The minimum absolute atomic E-state index is 0.0486. The lowest BCUT2D eigenvalue weighted by molar-refractivity contribution is -0.115. The average molecular weight is 316 g/mol. The molecule has 4 aliphatic rings. The van der Waals surface area contributed by atoms with Gasteiger partial charge in [0.25, 0.3) is 0 Å². The Balaban J connectivity index is 1.59. The molecule has 0 aromatic heterocycles. The molecule has 7 atom stereocenters. The molecule has 0 aromatic rings. The summed E-state index contributed by atoms with van der Waals surface area (Å²) in [6.45, 7) is 4.97. The molecule has 0 heterocycles. The van der Waals surface area contributed by atoms with Crippen LogP contribution < -0.4 is 0 Å². The highest BCUT2D eigenvalue weighted by molar-refractivity contribution is 5.68. The summed E-state index contributed by atoms with van der Waals surface area (Å²) >= 11 is 0. The van der Waals surface area contributed by atoms with Crippen molar-refractivity contribution in [2.24, 2.45) is 34.5 Å². The number of allylic oxidation sites excluding steroid dienone is 2. The lowest BCUT2D eigenvalue weighted by Gasteiger charge is -2.60. The van der Waals surface area contributed by atoms with Gasteiger partial charge in [-0.25, -0.2) is 0 Å². The minimum atomic E-state index is -0.0486. The molecular formula is C21H33NO. The van der Waals surface area contributed by atoms with Crippen LogP contribution in [0.2, 0.25) is 0 Å². The molecule has 0 amide bonds. The maximum Gasteiger partial charge on any atom is 0.0596 e. The Hall–Kier alpha value is -0.630. The van der Waals surface area contributed by atoms with Crippen molar-refractivity contribution >= 4 is 6.21 Å². The molecular weight excluding hydrogens is 282 g/mol. The summed E-state index contributed by atoms with van der Waals surface area (Å²) in [6, 6.07) is 0. The fraction of sp³-hybridized carbons (Fsp3) is 0.857. The molecule has 2 N–H and O–H groups in total. The highest BCUT2D eigenvalue weighted by Crippen LogP contribution is 2.66. The zero-order chi connectivity index (χ0) is 16.2. The summed E-state index contributed by atoms with van der Waals surface area (Å²) in [4.78, 5) is 0. The van der Waals surface area contributed by atoms with Gasteiger partial charge in [0, 0.05) is 6.21 Å². The van der Waals surface area contributed by atoms with Crippen molar-refractivity contribution in [1.29, 1.82) is 5.41 Å². The van der Waals surface area contributed by atoms with Gasteiger partial charge in [-0.1, -0.05) is 19.4 Å². The van der Waals surface area contributed by atoms with Crippen molar-refractivity contribution < 1.29 is 5.11 Å². The molecule has 0 aliphatic heterocycles. The van der Waals surface area contributed by atoms with E-state index >= 15 is 0 Å². The van der Waals surface area contributed by atoms with Crippen LogP contribution in [0.15, 0.2) is 11.6 Å². The highest BCUT2D eigenvalue weighted by atomic mass is 16.3. The molecule has 23 heavy (non-hydrogen) atoms. The SMILES string of the molecule is CC12CC/C(=C\C=N)C[C@@H]1CCC1C2CC[C@]2(C)C(O)CCC12. The van der Waals surface area contributed by atoms with E-state index in [-0.39, 0.29) is 11.5 Å². The Labute approximate surface area is 141 Å². The van der Waals surface area contributed by atoms with Crippen LogP contribution in [0.1, 0.15) is 71.6 Å². The van der Waals surface area contributed by atoms with E-state index in [0.29, 0.717) is 5.41 Å². The van der Waals surface area contributed by atoms with Crippen molar-refractivity contribution in [3.63, 3.8) is 0 Å². The fourth-order valence-electron chi connectivity index (χ4n) is 7.35. The molecule has 0 bridgehead atoms. The molecule has 0 radical (unpaired) electrons. The first-order chi connectivity index (χ1) is 11.0. The van der Waals surface area contributed by atoms with E-state index in [9.17, 15) is 5.11 Å². The predicted octanol–water partition coefficient (Wildman–Crippen LogP) is 4.97. The summed E-state index contributed by atoms with van der Waals surface area (Å²) in [7, 11) is 0. The Kier molecular flexibility index (Phi) is 3.75. The first kappa shape index (κ1) is 15.9. The second kappa shape index (κ2) is 5.44. The Bertz CT molecular complexity index is 526.